The van der Waals surface area contributed by atoms with Crippen LogP contribution in [-0.4, -0.2) is 22.6 Å². The van der Waals surface area contributed by atoms with E-state index in [9.17, 15) is 4.79 Å². The molecule has 2 atom stereocenters. The van der Waals surface area contributed by atoms with Gasteiger partial charge in [0.05, 0.1) is 11.3 Å². The van der Waals surface area contributed by atoms with Crippen molar-refractivity contribution < 1.29 is 9.90 Å². The molecule has 0 aromatic carbocycles. The fourth-order valence-corrected chi connectivity index (χ4v) is 2.57. The van der Waals surface area contributed by atoms with Gasteiger partial charge < -0.3 is 10.4 Å². The Labute approximate surface area is 107 Å². The Morgan fingerprint density at radius 2 is 2.33 bits per heavy atom. The number of aromatic carboxylic acids is 1. The Morgan fingerprint density at radius 3 is 2.89 bits per heavy atom. The Kier molecular flexibility index (Phi) is 4.31. The Balaban J connectivity index is 1.78. The molecule has 4 heteroatoms. The molecule has 0 radical (unpaired) electrons. The van der Waals surface area contributed by atoms with Crippen LogP contribution >= 0.6 is 0 Å². The van der Waals surface area contributed by atoms with Crippen LogP contribution in [0.3, 0.4) is 0 Å². The lowest BCUT2D eigenvalue weighted by atomic mass is 9.98. The summed E-state index contributed by atoms with van der Waals surface area (Å²) in [7, 11) is 0. The zero-order valence-electron chi connectivity index (χ0n) is 10.7. The van der Waals surface area contributed by atoms with E-state index in [4.69, 9.17) is 5.11 Å². The topological polar surface area (TPSA) is 62.2 Å². The zero-order valence-corrected chi connectivity index (χ0v) is 10.7. The van der Waals surface area contributed by atoms with Gasteiger partial charge in [0.25, 0.3) is 0 Å². The van der Waals surface area contributed by atoms with Gasteiger partial charge >= 0.3 is 5.97 Å². The number of carboxylic acids is 1. The molecule has 1 aromatic rings. The molecular formula is C14H20N2O2. The van der Waals surface area contributed by atoms with Crippen molar-refractivity contribution >= 4 is 5.97 Å². The third-order valence-electron chi connectivity index (χ3n) is 3.82. The van der Waals surface area contributed by atoms with Crippen LogP contribution in [0.2, 0.25) is 0 Å². The fourth-order valence-electron chi connectivity index (χ4n) is 2.57. The number of pyridine rings is 1. The number of rotatable bonds is 5. The van der Waals surface area contributed by atoms with Crippen molar-refractivity contribution in [1.82, 2.24) is 10.3 Å². The van der Waals surface area contributed by atoms with Gasteiger partial charge in [-0.3, -0.25) is 4.98 Å². The molecule has 1 fully saturated rings. The molecule has 18 heavy (non-hydrogen) atoms. The minimum Gasteiger partial charge on any atom is -0.478 e. The summed E-state index contributed by atoms with van der Waals surface area (Å²) in [5, 5.41) is 12.2. The Morgan fingerprint density at radius 1 is 1.50 bits per heavy atom. The van der Waals surface area contributed by atoms with Crippen molar-refractivity contribution in [2.45, 2.75) is 32.7 Å². The monoisotopic (exact) mass is 248 g/mol. The standard InChI is InChI=1S/C14H20N2O2/c1-10-3-2-4-11(10)7-15-9-13-6-5-12(8-16-13)14(17)18/h5-6,8,10-11,15H,2-4,7,9H2,1H3,(H,17,18). The molecule has 0 aliphatic heterocycles. The predicted molar refractivity (Wildman–Crippen MR) is 69.4 cm³/mol. The van der Waals surface area contributed by atoms with Gasteiger partial charge in [-0.05, 0) is 36.9 Å². The van der Waals surface area contributed by atoms with E-state index in [1.165, 1.54) is 25.5 Å². The second-order valence-electron chi connectivity index (χ2n) is 5.14. The number of carbonyl (C=O) groups is 1. The van der Waals surface area contributed by atoms with Crippen LogP contribution in [0.5, 0.6) is 0 Å². The number of nitrogens with zero attached hydrogens (tertiary/aromatic N) is 1. The first kappa shape index (κ1) is 13.0. The van der Waals surface area contributed by atoms with E-state index in [1.54, 1.807) is 12.1 Å². The first-order chi connectivity index (χ1) is 8.66. The van der Waals surface area contributed by atoms with Crippen molar-refractivity contribution in [3.63, 3.8) is 0 Å². The molecule has 2 rings (SSSR count). The number of carboxylic acid groups (broad SMARTS) is 1. The molecule has 0 saturated heterocycles. The van der Waals surface area contributed by atoms with E-state index < -0.39 is 5.97 Å². The second kappa shape index (κ2) is 5.96. The van der Waals surface area contributed by atoms with Crippen LogP contribution < -0.4 is 5.32 Å². The number of aromatic nitrogens is 1. The van der Waals surface area contributed by atoms with Crippen LogP contribution in [0.1, 0.15) is 42.2 Å². The second-order valence-corrected chi connectivity index (χ2v) is 5.14. The average Bonchev–Trinajstić information content (AvgIpc) is 2.76. The van der Waals surface area contributed by atoms with Gasteiger partial charge in [0, 0.05) is 12.7 Å². The molecule has 0 amide bonds. The summed E-state index contributed by atoms with van der Waals surface area (Å²) in [6.45, 7) is 4.06. The molecule has 1 heterocycles. The number of nitrogens with one attached hydrogen (secondary N) is 1. The quantitative estimate of drug-likeness (QED) is 0.839. The molecule has 0 spiro atoms. The lowest BCUT2D eigenvalue weighted by molar-refractivity contribution is 0.0696. The van der Waals surface area contributed by atoms with Crippen molar-refractivity contribution in [2.24, 2.45) is 11.8 Å². The first-order valence-electron chi connectivity index (χ1n) is 6.55. The lowest BCUT2D eigenvalue weighted by Crippen LogP contribution is -2.24. The summed E-state index contributed by atoms with van der Waals surface area (Å²) in [5.41, 5.74) is 1.13. The SMILES string of the molecule is CC1CCCC1CNCc1ccc(C(=O)O)cn1. The highest BCUT2D eigenvalue weighted by molar-refractivity contribution is 5.87. The molecule has 2 N–H and O–H groups in total. The van der Waals surface area contributed by atoms with Gasteiger partial charge in [-0.2, -0.15) is 0 Å². The van der Waals surface area contributed by atoms with Gasteiger partial charge in [0.1, 0.15) is 0 Å². The van der Waals surface area contributed by atoms with E-state index in [-0.39, 0.29) is 5.56 Å². The van der Waals surface area contributed by atoms with E-state index in [1.807, 2.05) is 0 Å². The van der Waals surface area contributed by atoms with E-state index in [0.717, 1.165) is 24.1 Å². The first-order valence-corrected chi connectivity index (χ1v) is 6.55. The minimum atomic E-state index is -0.929. The summed E-state index contributed by atoms with van der Waals surface area (Å²) >= 11 is 0. The molecule has 2 unspecified atom stereocenters. The molecule has 0 bridgehead atoms. The average molecular weight is 248 g/mol. The largest absolute Gasteiger partial charge is 0.478 e. The number of hydrogen-bond donors (Lipinski definition) is 2. The zero-order chi connectivity index (χ0) is 13.0. The normalized spacial score (nSPS) is 23.2. The lowest BCUT2D eigenvalue weighted by Gasteiger charge is -2.15. The maximum Gasteiger partial charge on any atom is 0.337 e. The molecule has 98 valence electrons. The van der Waals surface area contributed by atoms with Crippen molar-refractivity contribution in [3.05, 3.63) is 29.6 Å². The van der Waals surface area contributed by atoms with Crippen LogP contribution in [-0.2, 0) is 6.54 Å². The van der Waals surface area contributed by atoms with E-state index in [2.05, 4.69) is 17.2 Å². The van der Waals surface area contributed by atoms with Gasteiger partial charge in [0.15, 0.2) is 0 Å². The third-order valence-corrected chi connectivity index (χ3v) is 3.82. The summed E-state index contributed by atoms with van der Waals surface area (Å²) in [6.07, 6.45) is 5.42. The minimum absolute atomic E-state index is 0.239. The summed E-state index contributed by atoms with van der Waals surface area (Å²) < 4.78 is 0. The van der Waals surface area contributed by atoms with Gasteiger partial charge in [-0.25, -0.2) is 4.79 Å². The van der Waals surface area contributed by atoms with Crippen LogP contribution in [0.4, 0.5) is 0 Å². The molecular weight excluding hydrogens is 228 g/mol. The van der Waals surface area contributed by atoms with Crippen molar-refractivity contribution in [2.75, 3.05) is 6.54 Å². The van der Waals surface area contributed by atoms with Crippen LogP contribution in [0.25, 0.3) is 0 Å². The smallest absolute Gasteiger partial charge is 0.337 e. The number of hydrogen-bond acceptors (Lipinski definition) is 3. The van der Waals surface area contributed by atoms with E-state index >= 15 is 0 Å². The molecule has 1 saturated carbocycles. The molecule has 1 aromatic heterocycles. The Bertz CT molecular complexity index is 403. The molecule has 1 aliphatic rings. The predicted octanol–water partition coefficient (Wildman–Crippen LogP) is 2.31. The maximum atomic E-state index is 10.7. The van der Waals surface area contributed by atoms with Gasteiger partial charge in [-0.15, -0.1) is 0 Å². The van der Waals surface area contributed by atoms with Crippen LogP contribution in [0.15, 0.2) is 18.3 Å². The fraction of sp³-hybridized carbons (Fsp3) is 0.571. The van der Waals surface area contributed by atoms with Gasteiger partial charge in [-0.1, -0.05) is 19.8 Å². The summed E-state index contributed by atoms with van der Waals surface area (Å²) in [6, 6.07) is 3.37. The summed E-state index contributed by atoms with van der Waals surface area (Å²) in [4.78, 5) is 14.8. The highest BCUT2D eigenvalue weighted by atomic mass is 16.4. The Hall–Kier alpha value is -1.42. The van der Waals surface area contributed by atoms with Gasteiger partial charge in [0.2, 0.25) is 0 Å². The molecule has 4 nitrogen and oxygen atoms in total. The highest BCUT2D eigenvalue weighted by Gasteiger charge is 2.22. The van der Waals surface area contributed by atoms with Crippen molar-refractivity contribution in [1.29, 1.82) is 0 Å². The third kappa shape index (κ3) is 3.29. The van der Waals surface area contributed by atoms with Crippen LogP contribution in [0, 0.1) is 11.8 Å². The van der Waals surface area contributed by atoms with E-state index in [0.29, 0.717) is 6.54 Å². The highest BCUT2D eigenvalue weighted by Crippen LogP contribution is 2.30. The molecule has 1 aliphatic carbocycles. The summed E-state index contributed by atoms with van der Waals surface area (Å²) in [5.74, 6) is 0.671. The van der Waals surface area contributed by atoms with Crippen molar-refractivity contribution in [3.8, 4) is 0 Å². The maximum absolute atomic E-state index is 10.7.